The molecule has 4 aromatic rings. The minimum absolute atomic E-state index is 0.0731. The van der Waals surface area contributed by atoms with E-state index in [1.54, 1.807) is 12.1 Å². The Hall–Kier alpha value is -3.07. The molecule has 0 amide bonds. The molecule has 0 aliphatic heterocycles. The maximum absolute atomic E-state index is 13.8. The lowest BCUT2D eigenvalue weighted by Gasteiger charge is -2.08. The van der Waals surface area contributed by atoms with Crippen LogP contribution in [-0.4, -0.2) is 0 Å². The molecule has 0 saturated heterocycles. The van der Waals surface area contributed by atoms with Crippen molar-refractivity contribution in [3.05, 3.63) is 95.8 Å². The summed E-state index contributed by atoms with van der Waals surface area (Å²) in [4.78, 5) is 0. The molecule has 0 heterocycles. The molecule has 26 heavy (non-hydrogen) atoms. The summed E-state index contributed by atoms with van der Waals surface area (Å²) in [6.07, 6.45) is 0. The first-order valence-corrected chi connectivity index (χ1v) is 8.28. The Labute approximate surface area is 149 Å². The topological polar surface area (TPSA) is 0 Å². The molecule has 0 N–H and O–H groups in total. The van der Waals surface area contributed by atoms with E-state index in [1.165, 1.54) is 11.6 Å². The molecule has 3 heteroatoms. The lowest BCUT2D eigenvalue weighted by Crippen LogP contribution is -1.92. The first kappa shape index (κ1) is 16.4. The summed E-state index contributed by atoms with van der Waals surface area (Å²) >= 11 is 0. The minimum Gasteiger partial charge on any atom is -0.204 e. The Morgan fingerprint density at radius 2 is 1.04 bits per heavy atom. The van der Waals surface area contributed by atoms with Crippen molar-refractivity contribution in [3.8, 4) is 22.3 Å². The van der Waals surface area contributed by atoms with Gasteiger partial charge in [0.05, 0.1) is 0 Å². The molecule has 0 aromatic heterocycles. The number of fused-ring (bicyclic) bond motifs is 1. The largest absolute Gasteiger partial charge is 0.204 e. The van der Waals surface area contributed by atoms with Gasteiger partial charge >= 0.3 is 0 Å². The first-order valence-electron chi connectivity index (χ1n) is 8.28. The average molecular weight is 348 g/mol. The van der Waals surface area contributed by atoms with E-state index in [4.69, 9.17) is 0 Å². The lowest BCUT2D eigenvalue weighted by atomic mass is 9.98. The maximum atomic E-state index is 13.8. The first-order chi connectivity index (χ1) is 12.5. The fourth-order valence-electron chi connectivity index (χ4n) is 3.09. The summed E-state index contributed by atoms with van der Waals surface area (Å²) in [5, 5.41) is 0.408. The number of hydrogen-bond acceptors (Lipinski definition) is 0. The number of benzene rings is 4. The molecule has 0 aliphatic rings. The molecule has 0 spiro atoms. The highest BCUT2D eigenvalue weighted by Crippen LogP contribution is 2.30. The molecule has 0 saturated carbocycles. The zero-order valence-corrected chi connectivity index (χ0v) is 14.1. The quantitative estimate of drug-likeness (QED) is 0.346. The molecule has 0 unspecified atom stereocenters. The van der Waals surface area contributed by atoms with Crippen molar-refractivity contribution in [1.29, 1.82) is 0 Å². The number of rotatable bonds is 2. The van der Waals surface area contributed by atoms with Gasteiger partial charge in [0.25, 0.3) is 0 Å². The molecular weight excluding hydrogens is 333 g/mol. The Bertz CT molecular complexity index is 1100. The molecule has 128 valence electrons. The molecule has 0 atom stereocenters. The maximum Gasteiger partial charge on any atom is 0.195 e. The third-order valence-corrected chi connectivity index (χ3v) is 4.58. The van der Waals surface area contributed by atoms with Crippen molar-refractivity contribution in [3.63, 3.8) is 0 Å². The van der Waals surface area contributed by atoms with Crippen LogP contribution in [0.5, 0.6) is 0 Å². The zero-order chi connectivity index (χ0) is 18.3. The zero-order valence-electron chi connectivity index (χ0n) is 14.1. The molecule has 0 nitrogen and oxygen atoms in total. The van der Waals surface area contributed by atoms with Crippen molar-refractivity contribution in [1.82, 2.24) is 0 Å². The van der Waals surface area contributed by atoms with Gasteiger partial charge in [0.2, 0.25) is 0 Å². The van der Waals surface area contributed by atoms with Gasteiger partial charge in [-0.15, -0.1) is 0 Å². The predicted octanol–water partition coefficient (Wildman–Crippen LogP) is 6.90. The van der Waals surface area contributed by atoms with Gasteiger partial charge in [0.15, 0.2) is 17.5 Å². The highest BCUT2D eigenvalue weighted by molar-refractivity contribution is 5.88. The predicted molar refractivity (Wildman–Crippen MR) is 99.4 cm³/mol. The summed E-state index contributed by atoms with van der Waals surface area (Å²) in [5.41, 5.74) is 5.16. The second-order valence-corrected chi connectivity index (χ2v) is 6.37. The molecule has 0 aliphatic carbocycles. The van der Waals surface area contributed by atoms with Crippen molar-refractivity contribution in [2.45, 2.75) is 6.92 Å². The van der Waals surface area contributed by atoms with Gasteiger partial charge in [-0.25, -0.2) is 13.2 Å². The van der Waals surface area contributed by atoms with Crippen LogP contribution in [0.1, 0.15) is 5.56 Å². The standard InChI is InChI=1S/C23H15F3/c1-14-2-4-15(5-3-14)16-6-8-17(9-7-16)18-10-11-20-19(12-18)13-21(24)23(26)22(20)25/h2-13H,1H3. The number of hydrogen-bond donors (Lipinski definition) is 0. The van der Waals surface area contributed by atoms with E-state index in [1.807, 2.05) is 31.2 Å². The van der Waals surface area contributed by atoms with Gasteiger partial charge in [0.1, 0.15) is 0 Å². The SMILES string of the molecule is Cc1ccc(-c2ccc(-c3ccc4c(F)c(F)c(F)cc4c3)cc2)cc1. The Kier molecular flexibility index (Phi) is 4.00. The van der Waals surface area contributed by atoms with Crippen LogP contribution in [0.3, 0.4) is 0 Å². The van der Waals surface area contributed by atoms with Gasteiger partial charge in [-0.1, -0.05) is 66.2 Å². The smallest absolute Gasteiger partial charge is 0.195 e. The normalized spacial score (nSPS) is 11.1. The third-order valence-electron chi connectivity index (χ3n) is 4.58. The molecule has 0 radical (unpaired) electrons. The van der Waals surface area contributed by atoms with Crippen LogP contribution in [0, 0.1) is 24.4 Å². The Balaban J connectivity index is 1.73. The van der Waals surface area contributed by atoms with Gasteiger partial charge in [-0.3, -0.25) is 0 Å². The Morgan fingerprint density at radius 1 is 0.538 bits per heavy atom. The number of aryl methyl sites for hydroxylation is 1. The Morgan fingerprint density at radius 3 is 1.65 bits per heavy atom. The van der Waals surface area contributed by atoms with Crippen LogP contribution in [0.15, 0.2) is 72.8 Å². The van der Waals surface area contributed by atoms with Crippen molar-refractivity contribution in [2.75, 3.05) is 0 Å². The van der Waals surface area contributed by atoms with Crippen LogP contribution in [0.25, 0.3) is 33.0 Å². The van der Waals surface area contributed by atoms with Crippen LogP contribution in [-0.2, 0) is 0 Å². The summed E-state index contributed by atoms with van der Waals surface area (Å²) in [6.45, 7) is 2.05. The van der Waals surface area contributed by atoms with Crippen molar-refractivity contribution >= 4 is 10.8 Å². The van der Waals surface area contributed by atoms with E-state index >= 15 is 0 Å². The van der Waals surface area contributed by atoms with Crippen LogP contribution in [0.4, 0.5) is 13.2 Å². The van der Waals surface area contributed by atoms with Crippen LogP contribution < -0.4 is 0 Å². The highest BCUT2D eigenvalue weighted by atomic mass is 19.2. The lowest BCUT2D eigenvalue weighted by molar-refractivity contribution is 0.453. The van der Waals surface area contributed by atoms with Crippen molar-refractivity contribution < 1.29 is 13.2 Å². The second kappa shape index (κ2) is 6.34. The van der Waals surface area contributed by atoms with E-state index in [0.29, 0.717) is 5.39 Å². The average Bonchev–Trinajstić information content (AvgIpc) is 2.67. The molecule has 0 bridgehead atoms. The van der Waals surface area contributed by atoms with Crippen molar-refractivity contribution in [2.24, 2.45) is 0 Å². The summed E-state index contributed by atoms with van der Waals surface area (Å²) in [6, 6.07) is 22.1. The van der Waals surface area contributed by atoms with Gasteiger partial charge in [-0.05, 0) is 46.7 Å². The van der Waals surface area contributed by atoms with E-state index in [9.17, 15) is 13.2 Å². The van der Waals surface area contributed by atoms with Crippen LogP contribution in [0.2, 0.25) is 0 Å². The fraction of sp³-hybridized carbons (Fsp3) is 0.0435. The van der Waals surface area contributed by atoms with Gasteiger partial charge in [0, 0.05) is 5.39 Å². The molecule has 4 rings (SSSR count). The monoisotopic (exact) mass is 348 g/mol. The fourth-order valence-corrected chi connectivity index (χ4v) is 3.09. The number of halogens is 3. The van der Waals surface area contributed by atoms with E-state index in [0.717, 1.165) is 28.3 Å². The van der Waals surface area contributed by atoms with E-state index < -0.39 is 17.5 Å². The summed E-state index contributed by atoms with van der Waals surface area (Å²) in [7, 11) is 0. The second-order valence-electron chi connectivity index (χ2n) is 6.37. The summed E-state index contributed by atoms with van der Waals surface area (Å²) in [5.74, 6) is -3.77. The molecular formula is C23H15F3. The van der Waals surface area contributed by atoms with E-state index in [-0.39, 0.29) is 5.39 Å². The third kappa shape index (κ3) is 2.86. The summed E-state index contributed by atoms with van der Waals surface area (Å²) < 4.78 is 40.7. The van der Waals surface area contributed by atoms with Gasteiger partial charge < -0.3 is 0 Å². The van der Waals surface area contributed by atoms with Gasteiger partial charge in [-0.2, -0.15) is 0 Å². The van der Waals surface area contributed by atoms with E-state index in [2.05, 4.69) is 24.3 Å². The molecule has 0 fully saturated rings. The minimum atomic E-state index is -1.44. The van der Waals surface area contributed by atoms with Crippen LogP contribution >= 0.6 is 0 Å². The highest BCUT2D eigenvalue weighted by Gasteiger charge is 2.13. The molecule has 4 aromatic carbocycles.